The first-order valence-electron chi connectivity index (χ1n) is 4.51. The van der Waals surface area contributed by atoms with Gasteiger partial charge in [-0.25, -0.2) is 0 Å². The largest absolute Gasteiger partial charge is 0.574 e. The Morgan fingerprint density at radius 2 is 2.06 bits per heavy atom. The first-order chi connectivity index (χ1) is 7.44. The van der Waals surface area contributed by atoms with Gasteiger partial charge in [0.1, 0.15) is 5.82 Å². The van der Waals surface area contributed by atoms with Crippen molar-refractivity contribution in [2.75, 3.05) is 24.2 Å². The second-order valence-electron chi connectivity index (χ2n) is 2.74. The van der Waals surface area contributed by atoms with Crippen molar-refractivity contribution in [3.8, 4) is 5.88 Å². The average molecular weight is 236 g/mol. The molecule has 0 aliphatic carbocycles. The highest BCUT2D eigenvalue weighted by molar-refractivity contribution is 5.44. The van der Waals surface area contributed by atoms with Crippen molar-refractivity contribution in [1.29, 1.82) is 0 Å². The molecule has 0 unspecified atom stereocenters. The maximum atomic E-state index is 12.0. The first kappa shape index (κ1) is 12.3. The summed E-state index contributed by atoms with van der Waals surface area (Å²) in [7, 11) is 1.50. The summed E-state index contributed by atoms with van der Waals surface area (Å²) in [6, 6.07) is 1.08. The molecule has 8 heteroatoms. The molecule has 0 radical (unpaired) electrons. The maximum Gasteiger partial charge on any atom is 0.574 e. The fourth-order valence-electron chi connectivity index (χ4n) is 0.979. The lowest BCUT2D eigenvalue weighted by Gasteiger charge is -2.10. The molecule has 0 spiro atoms. The van der Waals surface area contributed by atoms with Crippen LogP contribution in [0.3, 0.4) is 0 Å². The van der Waals surface area contributed by atoms with Crippen LogP contribution >= 0.6 is 0 Å². The van der Waals surface area contributed by atoms with Gasteiger partial charge in [-0.3, -0.25) is 0 Å². The summed E-state index contributed by atoms with van der Waals surface area (Å²) in [4.78, 5) is 7.41. The Balaban J connectivity index is 2.95. The summed E-state index contributed by atoms with van der Waals surface area (Å²) in [5, 5.41) is 5.31. The van der Waals surface area contributed by atoms with Gasteiger partial charge in [-0.2, -0.15) is 9.97 Å². The molecule has 0 fully saturated rings. The van der Waals surface area contributed by atoms with E-state index in [-0.39, 0.29) is 11.8 Å². The fraction of sp³-hybridized carbons (Fsp3) is 0.500. The topological polar surface area (TPSA) is 59.1 Å². The van der Waals surface area contributed by atoms with E-state index in [2.05, 4.69) is 25.3 Å². The maximum absolute atomic E-state index is 12.0. The van der Waals surface area contributed by atoms with E-state index in [0.717, 1.165) is 6.07 Å². The minimum atomic E-state index is -4.76. The number of halogens is 3. The standard InChI is InChI=1S/C8H11F3N4O/c1-3-13-5-4-6(16-8(9,10)11)15-7(12-2)14-5/h4H,3H2,1-2H3,(H2,12,13,14,15). The average Bonchev–Trinajstić information content (AvgIpc) is 2.15. The third-order valence-electron chi connectivity index (χ3n) is 1.50. The summed E-state index contributed by atoms with van der Waals surface area (Å²) < 4.78 is 39.6. The van der Waals surface area contributed by atoms with Crippen molar-refractivity contribution < 1.29 is 17.9 Å². The van der Waals surface area contributed by atoms with Gasteiger partial charge in [0, 0.05) is 19.7 Å². The van der Waals surface area contributed by atoms with E-state index < -0.39 is 12.2 Å². The Kier molecular flexibility index (Phi) is 3.75. The number of nitrogens with one attached hydrogen (secondary N) is 2. The summed E-state index contributed by atoms with van der Waals surface area (Å²) in [5.41, 5.74) is 0. The molecule has 2 N–H and O–H groups in total. The van der Waals surface area contributed by atoms with Crippen LogP contribution in [-0.4, -0.2) is 29.9 Å². The molecule has 0 bridgehead atoms. The van der Waals surface area contributed by atoms with Gasteiger partial charge in [0.2, 0.25) is 11.8 Å². The van der Waals surface area contributed by atoms with Crippen LogP contribution in [0.15, 0.2) is 6.07 Å². The van der Waals surface area contributed by atoms with Gasteiger partial charge in [0.15, 0.2) is 0 Å². The van der Waals surface area contributed by atoms with Crippen LogP contribution < -0.4 is 15.4 Å². The molecule has 0 aliphatic heterocycles. The van der Waals surface area contributed by atoms with Crippen LogP contribution in [0.2, 0.25) is 0 Å². The minimum absolute atomic E-state index is 0.0534. The Hall–Kier alpha value is -1.73. The molecular weight excluding hydrogens is 225 g/mol. The van der Waals surface area contributed by atoms with Gasteiger partial charge in [-0.05, 0) is 6.92 Å². The van der Waals surface area contributed by atoms with E-state index in [0.29, 0.717) is 6.54 Å². The van der Waals surface area contributed by atoms with E-state index in [1.807, 2.05) is 0 Å². The monoisotopic (exact) mass is 236 g/mol. The minimum Gasteiger partial charge on any atom is -0.388 e. The van der Waals surface area contributed by atoms with Gasteiger partial charge >= 0.3 is 6.36 Å². The van der Waals surface area contributed by atoms with Crippen molar-refractivity contribution in [1.82, 2.24) is 9.97 Å². The van der Waals surface area contributed by atoms with Gasteiger partial charge < -0.3 is 15.4 Å². The number of anilines is 2. The Morgan fingerprint density at radius 3 is 2.56 bits per heavy atom. The van der Waals surface area contributed by atoms with Gasteiger partial charge in [0.05, 0.1) is 0 Å². The van der Waals surface area contributed by atoms with Crippen molar-refractivity contribution >= 4 is 11.8 Å². The van der Waals surface area contributed by atoms with Crippen LogP contribution in [0.1, 0.15) is 6.92 Å². The number of aromatic nitrogens is 2. The Bertz CT molecular complexity index is 356. The number of nitrogens with zero attached hydrogens (tertiary/aromatic N) is 2. The third-order valence-corrected chi connectivity index (χ3v) is 1.50. The summed E-state index contributed by atoms with van der Waals surface area (Å²) in [6.07, 6.45) is -4.76. The molecular formula is C8H11F3N4O. The molecule has 0 aliphatic rings. The van der Waals surface area contributed by atoms with E-state index in [1.54, 1.807) is 6.92 Å². The zero-order valence-electron chi connectivity index (χ0n) is 8.72. The molecule has 1 heterocycles. The predicted molar refractivity (Wildman–Crippen MR) is 52.4 cm³/mol. The highest BCUT2D eigenvalue weighted by Crippen LogP contribution is 2.23. The summed E-state index contributed by atoms with van der Waals surface area (Å²) in [5.74, 6) is -0.235. The number of alkyl halides is 3. The Morgan fingerprint density at radius 1 is 1.38 bits per heavy atom. The van der Waals surface area contributed by atoms with Gasteiger partial charge in [-0.15, -0.1) is 13.2 Å². The predicted octanol–water partition coefficient (Wildman–Crippen LogP) is 1.85. The van der Waals surface area contributed by atoms with Crippen LogP contribution in [0.25, 0.3) is 0 Å². The van der Waals surface area contributed by atoms with E-state index in [9.17, 15) is 13.2 Å². The van der Waals surface area contributed by atoms with Crippen LogP contribution in [0, 0.1) is 0 Å². The van der Waals surface area contributed by atoms with E-state index in [4.69, 9.17) is 0 Å². The molecule has 5 nitrogen and oxygen atoms in total. The quantitative estimate of drug-likeness (QED) is 0.835. The van der Waals surface area contributed by atoms with Crippen molar-refractivity contribution in [3.63, 3.8) is 0 Å². The normalized spacial score (nSPS) is 11.1. The lowest BCUT2D eigenvalue weighted by atomic mass is 10.5. The molecule has 0 aromatic carbocycles. The van der Waals surface area contributed by atoms with E-state index in [1.165, 1.54) is 7.05 Å². The fourth-order valence-corrected chi connectivity index (χ4v) is 0.979. The first-order valence-corrected chi connectivity index (χ1v) is 4.51. The number of ether oxygens (including phenoxy) is 1. The van der Waals surface area contributed by atoms with Crippen LogP contribution in [0.5, 0.6) is 5.88 Å². The second kappa shape index (κ2) is 4.86. The molecule has 1 rings (SSSR count). The molecule has 0 atom stereocenters. The molecule has 90 valence electrons. The lowest BCUT2D eigenvalue weighted by molar-refractivity contribution is -0.276. The zero-order valence-corrected chi connectivity index (χ0v) is 8.72. The molecule has 0 amide bonds. The number of hydrogen-bond donors (Lipinski definition) is 2. The smallest absolute Gasteiger partial charge is 0.388 e. The summed E-state index contributed by atoms with van der Waals surface area (Å²) >= 11 is 0. The van der Waals surface area contributed by atoms with Crippen molar-refractivity contribution in [3.05, 3.63) is 6.07 Å². The van der Waals surface area contributed by atoms with Crippen molar-refractivity contribution in [2.24, 2.45) is 0 Å². The molecule has 0 saturated heterocycles. The Labute approximate surface area is 90.0 Å². The molecule has 1 aromatic rings. The third kappa shape index (κ3) is 3.79. The van der Waals surface area contributed by atoms with Gasteiger partial charge in [-0.1, -0.05) is 0 Å². The van der Waals surface area contributed by atoms with Crippen LogP contribution in [-0.2, 0) is 0 Å². The zero-order chi connectivity index (χ0) is 12.2. The SMILES string of the molecule is CCNc1cc(OC(F)(F)F)nc(NC)n1. The second-order valence-corrected chi connectivity index (χ2v) is 2.74. The summed E-state index contributed by atoms with van der Waals surface area (Å²) in [6.45, 7) is 2.33. The van der Waals surface area contributed by atoms with Crippen molar-refractivity contribution in [2.45, 2.75) is 13.3 Å². The highest BCUT2D eigenvalue weighted by Gasteiger charge is 2.32. The number of rotatable bonds is 4. The van der Waals surface area contributed by atoms with Gasteiger partial charge in [0.25, 0.3) is 0 Å². The highest BCUT2D eigenvalue weighted by atomic mass is 19.4. The molecule has 16 heavy (non-hydrogen) atoms. The number of hydrogen-bond acceptors (Lipinski definition) is 5. The molecule has 0 saturated carbocycles. The van der Waals surface area contributed by atoms with Crippen LogP contribution in [0.4, 0.5) is 24.9 Å². The van der Waals surface area contributed by atoms with E-state index >= 15 is 0 Å². The lowest BCUT2D eigenvalue weighted by Crippen LogP contribution is -2.18. The molecule has 1 aromatic heterocycles.